The van der Waals surface area contributed by atoms with Crippen LogP contribution in [0.1, 0.15) is 12.5 Å². The first kappa shape index (κ1) is 13.7. The summed E-state index contributed by atoms with van der Waals surface area (Å²) in [5, 5.41) is 0.780. The minimum absolute atomic E-state index is 0.657. The number of rotatable bonds is 7. The predicted molar refractivity (Wildman–Crippen MR) is 74.1 cm³/mol. The molecule has 0 N–H and O–H groups in total. The van der Waals surface area contributed by atoms with E-state index in [0.717, 1.165) is 28.1 Å². The smallest absolute Gasteiger partial charge is 0.165 e. The van der Waals surface area contributed by atoms with E-state index in [1.165, 1.54) is 0 Å². The Labute approximate surface area is 110 Å². The van der Waals surface area contributed by atoms with Gasteiger partial charge in [-0.05, 0) is 19.2 Å². The van der Waals surface area contributed by atoms with E-state index in [9.17, 15) is 0 Å². The lowest BCUT2D eigenvalue weighted by molar-refractivity contribution is 0.288. The average molecular weight is 305 g/mol. The molecule has 0 saturated carbocycles. The van der Waals surface area contributed by atoms with Gasteiger partial charge in [-0.25, -0.2) is 0 Å². The van der Waals surface area contributed by atoms with Crippen molar-refractivity contribution in [1.82, 2.24) is 0 Å². The first-order chi connectivity index (χ1) is 7.83. The van der Waals surface area contributed by atoms with Gasteiger partial charge in [0.05, 0.1) is 13.2 Å². The molecular formula is C12H17BrO2S. The van der Waals surface area contributed by atoms with Crippen LogP contribution in [-0.2, 0) is 5.33 Å². The highest BCUT2D eigenvalue weighted by molar-refractivity contribution is 9.08. The monoisotopic (exact) mass is 304 g/mol. The number of halogens is 1. The molecule has 0 heterocycles. The van der Waals surface area contributed by atoms with Crippen molar-refractivity contribution in [3.63, 3.8) is 0 Å². The fourth-order valence-electron chi connectivity index (χ4n) is 1.33. The third kappa shape index (κ3) is 3.91. The van der Waals surface area contributed by atoms with E-state index >= 15 is 0 Å². The Hall–Kier alpha value is -0.350. The molecule has 1 rings (SSSR count). The van der Waals surface area contributed by atoms with Crippen molar-refractivity contribution in [2.45, 2.75) is 12.3 Å². The molecule has 0 spiro atoms. The van der Waals surface area contributed by atoms with Gasteiger partial charge >= 0.3 is 0 Å². The summed E-state index contributed by atoms with van der Waals surface area (Å²) in [6.45, 7) is 3.35. The molecule has 0 saturated heterocycles. The van der Waals surface area contributed by atoms with Gasteiger partial charge in [0.25, 0.3) is 0 Å². The highest BCUT2D eigenvalue weighted by Crippen LogP contribution is 2.32. The second kappa shape index (κ2) is 7.85. The van der Waals surface area contributed by atoms with Crippen molar-refractivity contribution >= 4 is 27.7 Å². The lowest BCUT2D eigenvalue weighted by Crippen LogP contribution is -2.04. The Morgan fingerprint density at radius 3 is 2.75 bits per heavy atom. The molecule has 0 atom stereocenters. The zero-order valence-electron chi connectivity index (χ0n) is 9.66. The Kier molecular flexibility index (Phi) is 6.73. The molecule has 16 heavy (non-hydrogen) atoms. The quantitative estimate of drug-likeness (QED) is 0.565. The van der Waals surface area contributed by atoms with Gasteiger partial charge in [0.15, 0.2) is 11.5 Å². The molecule has 0 aromatic heterocycles. The molecule has 0 amide bonds. The second-order valence-electron chi connectivity index (χ2n) is 3.15. The second-order valence-corrected chi connectivity index (χ2v) is 4.70. The van der Waals surface area contributed by atoms with Crippen LogP contribution in [0.25, 0.3) is 0 Å². The molecule has 0 bridgehead atoms. The molecule has 0 aliphatic rings. The van der Waals surface area contributed by atoms with Crippen LogP contribution in [0.2, 0.25) is 0 Å². The van der Waals surface area contributed by atoms with Crippen molar-refractivity contribution in [3.05, 3.63) is 23.8 Å². The number of para-hydroxylation sites is 1. The van der Waals surface area contributed by atoms with Gasteiger partial charge in [-0.1, -0.05) is 28.1 Å². The molecule has 0 aliphatic carbocycles. The maximum atomic E-state index is 5.78. The fraction of sp³-hybridized carbons (Fsp3) is 0.500. The van der Waals surface area contributed by atoms with Crippen LogP contribution < -0.4 is 9.47 Å². The Morgan fingerprint density at radius 2 is 2.12 bits per heavy atom. The van der Waals surface area contributed by atoms with Crippen molar-refractivity contribution < 1.29 is 9.47 Å². The number of ether oxygens (including phenoxy) is 2. The van der Waals surface area contributed by atoms with Gasteiger partial charge < -0.3 is 9.47 Å². The first-order valence-electron chi connectivity index (χ1n) is 5.25. The number of hydrogen-bond acceptors (Lipinski definition) is 3. The van der Waals surface area contributed by atoms with Crippen LogP contribution in [0, 0.1) is 0 Å². The highest BCUT2D eigenvalue weighted by Gasteiger charge is 2.09. The summed E-state index contributed by atoms with van der Waals surface area (Å²) < 4.78 is 11.3. The maximum Gasteiger partial charge on any atom is 0.165 e. The minimum Gasteiger partial charge on any atom is -0.490 e. The molecule has 0 fully saturated rings. The van der Waals surface area contributed by atoms with Crippen LogP contribution >= 0.6 is 27.7 Å². The van der Waals surface area contributed by atoms with Crippen molar-refractivity contribution in [2.24, 2.45) is 0 Å². The predicted octanol–water partition coefficient (Wildman–Crippen LogP) is 3.72. The largest absolute Gasteiger partial charge is 0.490 e. The van der Waals surface area contributed by atoms with Crippen LogP contribution in [0.3, 0.4) is 0 Å². The van der Waals surface area contributed by atoms with E-state index in [4.69, 9.17) is 9.47 Å². The maximum absolute atomic E-state index is 5.78. The van der Waals surface area contributed by atoms with Gasteiger partial charge in [0.1, 0.15) is 0 Å². The normalized spacial score (nSPS) is 10.2. The van der Waals surface area contributed by atoms with Gasteiger partial charge in [-0.2, -0.15) is 11.8 Å². The summed E-state index contributed by atoms with van der Waals surface area (Å²) in [6.07, 6.45) is 2.07. The molecule has 1 aromatic carbocycles. The lowest BCUT2D eigenvalue weighted by Gasteiger charge is -2.14. The number of thioether (sulfide) groups is 1. The third-order valence-electron chi connectivity index (χ3n) is 2.04. The summed E-state index contributed by atoms with van der Waals surface area (Å²) in [5.41, 5.74) is 1.13. The van der Waals surface area contributed by atoms with Crippen LogP contribution in [0.4, 0.5) is 0 Å². The minimum atomic E-state index is 0.657. The molecular weight excluding hydrogens is 288 g/mol. The van der Waals surface area contributed by atoms with E-state index in [-0.39, 0.29) is 0 Å². The summed E-state index contributed by atoms with van der Waals surface area (Å²) in [5.74, 6) is 2.69. The van der Waals surface area contributed by atoms with Crippen molar-refractivity contribution in [3.8, 4) is 11.5 Å². The zero-order valence-corrected chi connectivity index (χ0v) is 12.1. The van der Waals surface area contributed by atoms with E-state index < -0.39 is 0 Å². The number of benzene rings is 1. The van der Waals surface area contributed by atoms with Crippen LogP contribution in [0.5, 0.6) is 11.5 Å². The Bertz CT molecular complexity index is 318. The molecule has 0 aliphatic heterocycles. The SMILES string of the molecule is CCOc1cccc(CBr)c1OCCSC. The standard InChI is InChI=1S/C12H17BrO2S/c1-3-14-11-6-4-5-10(9-13)12(11)15-7-8-16-2/h4-6H,3,7-9H2,1-2H3. The van der Waals surface area contributed by atoms with Gasteiger partial charge in [-0.3, -0.25) is 0 Å². The van der Waals surface area contributed by atoms with Crippen molar-refractivity contribution in [1.29, 1.82) is 0 Å². The summed E-state index contributed by atoms with van der Waals surface area (Å²) >= 11 is 5.24. The Balaban J connectivity index is 2.81. The molecule has 2 nitrogen and oxygen atoms in total. The third-order valence-corrected chi connectivity index (χ3v) is 3.22. The fourth-order valence-corrected chi connectivity index (χ4v) is 2.02. The first-order valence-corrected chi connectivity index (χ1v) is 7.77. The summed E-state index contributed by atoms with van der Waals surface area (Å²) in [4.78, 5) is 0. The topological polar surface area (TPSA) is 18.5 Å². The highest BCUT2D eigenvalue weighted by atomic mass is 79.9. The number of hydrogen-bond donors (Lipinski definition) is 0. The van der Waals surface area contributed by atoms with Crippen molar-refractivity contribution in [2.75, 3.05) is 25.2 Å². The average Bonchev–Trinajstić information content (AvgIpc) is 2.31. The van der Waals surface area contributed by atoms with E-state index in [2.05, 4.69) is 22.2 Å². The van der Waals surface area contributed by atoms with E-state index in [0.29, 0.717) is 13.2 Å². The van der Waals surface area contributed by atoms with E-state index in [1.807, 2.05) is 25.1 Å². The van der Waals surface area contributed by atoms with Gasteiger partial charge in [0, 0.05) is 16.6 Å². The van der Waals surface area contributed by atoms with Crippen LogP contribution in [0.15, 0.2) is 18.2 Å². The van der Waals surface area contributed by atoms with E-state index in [1.54, 1.807) is 11.8 Å². The molecule has 90 valence electrons. The molecule has 4 heteroatoms. The summed E-state index contributed by atoms with van der Waals surface area (Å²) in [7, 11) is 0. The van der Waals surface area contributed by atoms with Gasteiger partial charge in [0.2, 0.25) is 0 Å². The molecule has 0 radical (unpaired) electrons. The van der Waals surface area contributed by atoms with Gasteiger partial charge in [-0.15, -0.1) is 0 Å². The lowest BCUT2D eigenvalue weighted by atomic mass is 10.2. The Morgan fingerprint density at radius 1 is 1.31 bits per heavy atom. The zero-order chi connectivity index (χ0) is 11.8. The molecule has 0 unspecified atom stereocenters. The number of alkyl halides is 1. The molecule has 1 aromatic rings. The van der Waals surface area contributed by atoms with Crippen LogP contribution in [-0.4, -0.2) is 25.2 Å². The summed E-state index contributed by atoms with van der Waals surface area (Å²) in [6, 6.07) is 5.98.